The number of hydrogen-bond donors (Lipinski definition) is 0. The monoisotopic (exact) mass is 340 g/mol. The third-order valence-corrected chi connectivity index (χ3v) is 4.81. The van der Waals surface area contributed by atoms with Gasteiger partial charge in [-0.05, 0) is 30.7 Å². The molecule has 1 heterocycles. The van der Waals surface area contributed by atoms with Gasteiger partial charge in [-0.25, -0.2) is 4.98 Å². The number of aromatic nitrogens is 2. The molecule has 0 spiro atoms. The van der Waals surface area contributed by atoms with Gasteiger partial charge in [0.2, 0.25) is 0 Å². The van der Waals surface area contributed by atoms with Gasteiger partial charge in [-0.1, -0.05) is 43.3 Å². The Balaban J connectivity index is 2.20. The Hall–Kier alpha value is -2.27. The second kappa shape index (κ2) is 7.53. The Morgan fingerprint density at radius 1 is 1.17 bits per heavy atom. The van der Waals surface area contributed by atoms with E-state index in [9.17, 15) is 4.79 Å². The molecule has 0 fully saturated rings. The number of methoxy groups -OCH3 is 1. The summed E-state index contributed by atoms with van der Waals surface area (Å²) in [6, 6.07) is 15.0. The van der Waals surface area contributed by atoms with Gasteiger partial charge in [0, 0.05) is 11.8 Å². The topological polar surface area (TPSA) is 44.1 Å². The maximum atomic E-state index is 13.1. The molecule has 124 valence electrons. The molecular formula is C19H20N2O2S. The van der Waals surface area contributed by atoms with E-state index in [4.69, 9.17) is 9.72 Å². The number of unbranched alkanes of at least 4 members (excludes halogenated alkanes) is 1. The third kappa shape index (κ3) is 3.31. The highest BCUT2D eigenvalue weighted by Crippen LogP contribution is 2.24. The molecule has 0 radical (unpaired) electrons. The van der Waals surface area contributed by atoms with E-state index < -0.39 is 0 Å². The molecular weight excluding hydrogens is 320 g/mol. The van der Waals surface area contributed by atoms with Crippen molar-refractivity contribution in [2.45, 2.75) is 24.9 Å². The molecule has 2 aromatic carbocycles. The number of hydrogen-bond acceptors (Lipinski definition) is 4. The molecule has 3 aromatic rings. The van der Waals surface area contributed by atoms with Gasteiger partial charge in [0.25, 0.3) is 5.56 Å². The lowest BCUT2D eigenvalue weighted by Gasteiger charge is -2.13. The molecule has 0 aliphatic heterocycles. The zero-order chi connectivity index (χ0) is 16.9. The van der Waals surface area contributed by atoms with Gasteiger partial charge in [0.05, 0.1) is 23.7 Å². The lowest BCUT2D eigenvalue weighted by molar-refractivity contribution is 0.414. The van der Waals surface area contributed by atoms with Crippen LogP contribution in [-0.4, -0.2) is 22.4 Å². The standard InChI is InChI=1S/C19H20N2O2S/c1-3-4-12-24-19-20-17-11-6-5-10-16(17)18(22)21(19)14-8-7-9-15(13-14)23-2/h5-11,13H,3-4,12H2,1-2H3. The summed E-state index contributed by atoms with van der Waals surface area (Å²) in [6.45, 7) is 2.16. The van der Waals surface area contributed by atoms with E-state index >= 15 is 0 Å². The zero-order valence-corrected chi connectivity index (χ0v) is 14.7. The van der Waals surface area contributed by atoms with Crippen LogP contribution in [0.4, 0.5) is 0 Å². The average molecular weight is 340 g/mol. The van der Waals surface area contributed by atoms with E-state index in [0.29, 0.717) is 5.39 Å². The molecule has 0 saturated carbocycles. The Labute approximate surface area is 145 Å². The van der Waals surface area contributed by atoms with Crippen LogP contribution >= 0.6 is 11.8 Å². The van der Waals surface area contributed by atoms with Crippen molar-refractivity contribution in [1.82, 2.24) is 9.55 Å². The first-order valence-corrected chi connectivity index (χ1v) is 9.02. The van der Waals surface area contributed by atoms with Gasteiger partial charge in [0.15, 0.2) is 5.16 Å². The molecule has 0 atom stereocenters. The number of benzene rings is 2. The molecule has 0 N–H and O–H groups in total. The van der Waals surface area contributed by atoms with Crippen LogP contribution in [0.3, 0.4) is 0 Å². The first-order chi connectivity index (χ1) is 11.7. The molecule has 3 rings (SSSR count). The van der Waals surface area contributed by atoms with Crippen LogP contribution < -0.4 is 10.3 Å². The Kier molecular flexibility index (Phi) is 5.20. The van der Waals surface area contributed by atoms with Crippen LogP contribution in [0.15, 0.2) is 58.5 Å². The van der Waals surface area contributed by atoms with Crippen LogP contribution in [0.2, 0.25) is 0 Å². The Bertz CT molecular complexity index is 905. The maximum absolute atomic E-state index is 13.1. The van der Waals surface area contributed by atoms with E-state index in [1.54, 1.807) is 23.4 Å². The summed E-state index contributed by atoms with van der Waals surface area (Å²) in [7, 11) is 1.62. The van der Waals surface area contributed by atoms with Gasteiger partial charge in [-0.15, -0.1) is 0 Å². The highest BCUT2D eigenvalue weighted by Gasteiger charge is 2.13. The van der Waals surface area contributed by atoms with Crippen LogP contribution in [0, 0.1) is 0 Å². The number of ether oxygens (including phenoxy) is 1. The molecule has 24 heavy (non-hydrogen) atoms. The highest BCUT2D eigenvalue weighted by atomic mass is 32.2. The molecule has 0 amide bonds. The van der Waals surface area contributed by atoms with E-state index in [0.717, 1.165) is 40.7 Å². The highest BCUT2D eigenvalue weighted by molar-refractivity contribution is 7.99. The van der Waals surface area contributed by atoms with E-state index in [2.05, 4.69) is 6.92 Å². The van der Waals surface area contributed by atoms with Crippen molar-refractivity contribution in [1.29, 1.82) is 0 Å². The smallest absolute Gasteiger partial charge is 0.266 e. The number of nitrogens with zero attached hydrogens (tertiary/aromatic N) is 2. The minimum Gasteiger partial charge on any atom is -0.497 e. The third-order valence-electron chi connectivity index (χ3n) is 3.79. The molecule has 0 bridgehead atoms. The van der Waals surface area contributed by atoms with Gasteiger partial charge >= 0.3 is 0 Å². The van der Waals surface area contributed by atoms with Crippen LogP contribution in [0.1, 0.15) is 19.8 Å². The molecule has 0 saturated heterocycles. The first kappa shape index (κ1) is 16.6. The second-order valence-corrected chi connectivity index (χ2v) is 6.52. The summed E-state index contributed by atoms with van der Waals surface area (Å²) < 4.78 is 6.99. The lowest BCUT2D eigenvalue weighted by atomic mass is 10.2. The lowest BCUT2D eigenvalue weighted by Crippen LogP contribution is -2.21. The van der Waals surface area contributed by atoms with Crippen molar-refractivity contribution in [3.05, 3.63) is 58.9 Å². The van der Waals surface area contributed by atoms with Crippen LogP contribution in [0.5, 0.6) is 5.75 Å². The summed E-state index contributed by atoms with van der Waals surface area (Å²) in [6.07, 6.45) is 2.20. The molecule has 0 unspecified atom stereocenters. The SMILES string of the molecule is CCCCSc1nc2ccccc2c(=O)n1-c1cccc(OC)c1. The van der Waals surface area contributed by atoms with Crippen LogP contribution in [0.25, 0.3) is 16.6 Å². The normalized spacial score (nSPS) is 10.9. The largest absolute Gasteiger partial charge is 0.497 e. The second-order valence-electron chi connectivity index (χ2n) is 5.46. The molecule has 0 aliphatic rings. The summed E-state index contributed by atoms with van der Waals surface area (Å²) in [5.74, 6) is 1.66. The fraction of sp³-hybridized carbons (Fsp3) is 0.263. The summed E-state index contributed by atoms with van der Waals surface area (Å²) in [5.41, 5.74) is 1.46. The summed E-state index contributed by atoms with van der Waals surface area (Å²) in [4.78, 5) is 17.8. The van der Waals surface area contributed by atoms with Gasteiger partial charge in [-0.3, -0.25) is 9.36 Å². The predicted octanol–water partition coefficient (Wildman–Crippen LogP) is 4.29. The predicted molar refractivity (Wildman–Crippen MR) is 99.5 cm³/mol. The fourth-order valence-electron chi connectivity index (χ4n) is 2.49. The zero-order valence-electron chi connectivity index (χ0n) is 13.9. The van der Waals surface area contributed by atoms with Crippen molar-refractivity contribution in [3.8, 4) is 11.4 Å². The van der Waals surface area contributed by atoms with Crippen molar-refractivity contribution in [3.63, 3.8) is 0 Å². The number of fused-ring (bicyclic) bond motifs is 1. The number of thioether (sulfide) groups is 1. The molecule has 1 aromatic heterocycles. The van der Waals surface area contributed by atoms with E-state index in [-0.39, 0.29) is 5.56 Å². The van der Waals surface area contributed by atoms with Gasteiger partial charge < -0.3 is 4.74 Å². The van der Waals surface area contributed by atoms with Crippen molar-refractivity contribution in [2.24, 2.45) is 0 Å². The summed E-state index contributed by atoms with van der Waals surface area (Å²) in [5, 5.41) is 1.35. The quantitative estimate of drug-likeness (QED) is 0.381. The van der Waals surface area contributed by atoms with E-state index in [1.807, 2.05) is 48.5 Å². The molecule has 0 aliphatic carbocycles. The Morgan fingerprint density at radius 3 is 2.79 bits per heavy atom. The Morgan fingerprint density at radius 2 is 2.00 bits per heavy atom. The van der Waals surface area contributed by atoms with Crippen molar-refractivity contribution >= 4 is 22.7 Å². The minimum absolute atomic E-state index is 0.0483. The first-order valence-electron chi connectivity index (χ1n) is 8.03. The van der Waals surface area contributed by atoms with Crippen LogP contribution in [-0.2, 0) is 0 Å². The van der Waals surface area contributed by atoms with E-state index in [1.165, 1.54) is 0 Å². The molecule has 4 nitrogen and oxygen atoms in total. The number of para-hydroxylation sites is 1. The molecule has 5 heteroatoms. The average Bonchev–Trinajstić information content (AvgIpc) is 2.62. The van der Waals surface area contributed by atoms with Crippen molar-refractivity contribution < 1.29 is 4.74 Å². The number of rotatable bonds is 6. The van der Waals surface area contributed by atoms with Gasteiger partial charge in [0.1, 0.15) is 5.75 Å². The minimum atomic E-state index is -0.0483. The maximum Gasteiger partial charge on any atom is 0.266 e. The van der Waals surface area contributed by atoms with Crippen molar-refractivity contribution in [2.75, 3.05) is 12.9 Å². The summed E-state index contributed by atoms with van der Waals surface area (Å²) >= 11 is 1.62. The van der Waals surface area contributed by atoms with Gasteiger partial charge in [-0.2, -0.15) is 0 Å². The fourth-order valence-corrected chi connectivity index (χ4v) is 3.59.